The number of thioether (sulfide) groups is 1. The first-order chi connectivity index (χ1) is 12.1. The van der Waals surface area contributed by atoms with E-state index in [1.807, 2.05) is 35.9 Å². The molecule has 0 unspecified atom stereocenters. The molecule has 0 spiro atoms. The van der Waals surface area contributed by atoms with Gasteiger partial charge in [-0.15, -0.1) is 10.2 Å². The molecule has 7 nitrogen and oxygen atoms in total. The first-order valence-electron chi connectivity index (χ1n) is 7.27. The van der Waals surface area contributed by atoms with Crippen LogP contribution >= 0.6 is 27.7 Å². The van der Waals surface area contributed by atoms with E-state index in [2.05, 4.69) is 36.7 Å². The molecule has 0 radical (unpaired) electrons. The number of carbonyl (C=O) groups is 1. The van der Waals surface area contributed by atoms with Gasteiger partial charge in [0.25, 0.3) is 5.91 Å². The second kappa shape index (κ2) is 8.13. The molecule has 0 aliphatic rings. The summed E-state index contributed by atoms with van der Waals surface area (Å²) in [5.41, 5.74) is 3.39. The Hall–Kier alpha value is -2.39. The normalized spacial score (nSPS) is 11.1. The van der Waals surface area contributed by atoms with Crippen molar-refractivity contribution >= 4 is 39.8 Å². The number of hydrogen-bond acceptors (Lipinski definition) is 6. The summed E-state index contributed by atoms with van der Waals surface area (Å²) in [5.74, 6) is 1.25. The van der Waals surface area contributed by atoms with Gasteiger partial charge in [-0.25, -0.2) is 5.43 Å². The summed E-state index contributed by atoms with van der Waals surface area (Å²) in [5, 5.41) is 12.8. The van der Waals surface area contributed by atoms with Crippen molar-refractivity contribution in [2.75, 3.05) is 5.75 Å². The number of nitrogens with zero attached hydrogens (tertiary/aromatic N) is 4. The summed E-state index contributed by atoms with van der Waals surface area (Å²) < 4.78 is 7.90. The second-order valence-corrected chi connectivity index (χ2v) is 6.83. The third-order valence-corrected chi connectivity index (χ3v) is 4.69. The molecule has 128 valence electrons. The van der Waals surface area contributed by atoms with E-state index in [1.165, 1.54) is 24.2 Å². The molecule has 0 bridgehead atoms. The Morgan fingerprint density at radius 3 is 3.04 bits per heavy atom. The number of nitrogens with one attached hydrogen (secondary N) is 1. The zero-order chi connectivity index (χ0) is 17.6. The van der Waals surface area contributed by atoms with Crippen LogP contribution in [0.2, 0.25) is 0 Å². The number of aromatic nitrogens is 3. The maximum atomic E-state index is 11.8. The molecular formula is C16H14BrN5O2S. The fourth-order valence-electron chi connectivity index (χ4n) is 2.01. The molecule has 0 saturated carbocycles. The molecule has 3 aromatic rings. The van der Waals surface area contributed by atoms with Crippen molar-refractivity contribution in [3.8, 4) is 11.4 Å². The molecule has 0 saturated heterocycles. The van der Waals surface area contributed by atoms with Crippen LogP contribution in [-0.2, 0) is 11.8 Å². The monoisotopic (exact) mass is 419 g/mol. The predicted molar refractivity (Wildman–Crippen MR) is 99.3 cm³/mol. The summed E-state index contributed by atoms with van der Waals surface area (Å²) in [6.45, 7) is 0. The molecule has 0 atom stereocenters. The van der Waals surface area contributed by atoms with E-state index in [1.54, 1.807) is 12.1 Å². The van der Waals surface area contributed by atoms with Crippen LogP contribution in [0.1, 0.15) is 5.76 Å². The molecule has 0 aliphatic carbocycles. The van der Waals surface area contributed by atoms with E-state index < -0.39 is 0 Å². The SMILES string of the molecule is Cn1c(SCC(=O)NN=Cc2ccco2)nnc1-c1cccc(Br)c1. The Kier molecular flexibility index (Phi) is 5.67. The first kappa shape index (κ1) is 17.4. The highest BCUT2D eigenvalue weighted by atomic mass is 79.9. The van der Waals surface area contributed by atoms with Crippen LogP contribution in [0.5, 0.6) is 0 Å². The molecule has 2 heterocycles. The average Bonchev–Trinajstić information content (AvgIpc) is 3.23. The van der Waals surface area contributed by atoms with Crippen LogP contribution in [0, 0.1) is 0 Å². The third kappa shape index (κ3) is 4.58. The maximum Gasteiger partial charge on any atom is 0.250 e. The maximum absolute atomic E-state index is 11.8. The highest BCUT2D eigenvalue weighted by Gasteiger charge is 2.13. The minimum atomic E-state index is -0.236. The smallest absolute Gasteiger partial charge is 0.250 e. The van der Waals surface area contributed by atoms with Gasteiger partial charge in [0.15, 0.2) is 11.0 Å². The molecule has 3 rings (SSSR count). The van der Waals surface area contributed by atoms with Crippen molar-refractivity contribution in [2.24, 2.45) is 12.1 Å². The van der Waals surface area contributed by atoms with Crippen LogP contribution in [0.15, 0.2) is 61.8 Å². The molecule has 0 aliphatic heterocycles. The molecule has 25 heavy (non-hydrogen) atoms. The van der Waals surface area contributed by atoms with Crippen molar-refractivity contribution in [1.82, 2.24) is 20.2 Å². The molecule has 9 heteroatoms. The number of furan rings is 1. The minimum Gasteiger partial charge on any atom is -0.463 e. The van der Waals surface area contributed by atoms with Gasteiger partial charge in [0.05, 0.1) is 18.2 Å². The van der Waals surface area contributed by atoms with Gasteiger partial charge < -0.3 is 8.98 Å². The van der Waals surface area contributed by atoms with E-state index in [0.29, 0.717) is 10.9 Å². The van der Waals surface area contributed by atoms with E-state index in [0.717, 1.165) is 15.9 Å². The Bertz CT molecular complexity index is 892. The Balaban J connectivity index is 1.57. The lowest BCUT2D eigenvalue weighted by molar-refractivity contribution is -0.118. The van der Waals surface area contributed by atoms with Gasteiger partial charge in [-0.05, 0) is 24.3 Å². The number of amides is 1. The zero-order valence-electron chi connectivity index (χ0n) is 13.2. The van der Waals surface area contributed by atoms with E-state index in [-0.39, 0.29) is 11.7 Å². The van der Waals surface area contributed by atoms with Gasteiger partial charge in [0.1, 0.15) is 5.76 Å². The van der Waals surface area contributed by atoms with Crippen LogP contribution in [-0.4, -0.2) is 32.6 Å². The number of rotatable bonds is 6. The average molecular weight is 420 g/mol. The topological polar surface area (TPSA) is 85.3 Å². The van der Waals surface area contributed by atoms with Gasteiger partial charge >= 0.3 is 0 Å². The Morgan fingerprint density at radius 1 is 1.40 bits per heavy atom. The quantitative estimate of drug-likeness (QED) is 0.376. The van der Waals surface area contributed by atoms with Crippen molar-refractivity contribution < 1.29 is 9.21 Å². The second-order valence-electron chi connectivity index (χ2n) is 4.97. The van der Waals surface area contributed by atoms with Gasteiger partial charge in [0, 0.05) is 17.1 Å². The number of hydrazone groups is 1. The standard InChI is InChI=1S/C16H14BrN5O2S/c1-22-15(11-4-2-5-12(17)8-11)20-21-16(22)25-10-14(23)19-18-9-13-6-3-7-24-13/h2-9H,10H2,1H3,(H,19,23). The zero-order valence-corrected chi connectivity index (χ0v) is 15.6. The Labute approximate surface area is 156 Å². The van der Waals surface area contributed by atoms with Crippen molar-refractivity contribution in [3.63, 3.8) is 0 Å². The Morgan fingerprint density at radius 2 is 2.28 bits per heavy atom. The third-order valence-electron chi connectivity index (χ3n) is 3.17. The van der Waals surface area contributed by atoms with Crippen LogP contribution in [0.25, 0.3) is 11.4 Å². The number of halogens is 1. The number of carbonyl (C=O) groups excluding carboxylic acids is 1. The van der Waals surface area contributed by atoms with Crippen LogP contribution in [0.4, 0.5) is 0 Å². The molecular weight excluding hydrogens is 406 g/mol. The molecule has 1 amide bonds. The van der Waals surface area contributed by atoms with Crippen LogP contribution in [0.3, 0.4) is 0 Å². The summed E-state index contributed by atoms with van der Waals surface area (Å²) in [4.78, 5) is 11.8. The lowest BCUT2D eigenvalue weighted by Gasteiger charge is -2.04. The predicted octanol–water partition coefficient (Wildman–Crippen LogP) is 3.08. The lowest BCUT2D eigenvalue weighted by Crippen LogP contribution is -2.19. The van der Waals surface area contributed by atoms with Gasteiger partial charge in [0.2, 0.25) is 0 Å². The van der Waals surface area contributed by atoms with Gasteiger partial charge in [-0.2, -0.15) is 5.10 Å². The first-order valence-corrected chi connectivity index (χ1v) is 9.05. The van der Waals surface area contributed by atoms with Crippen LogP contribution < -0.4 is 5.43 Å². The summed E-state index contributed by atoms with van der Waals surface area (Å²) >= 11 is 4.73. The van der Waals surface area contributed by atoms with E-state index >= 15 is 0 Å². The summed E-state index contributed by atoms with van der Waals surface area (Å²) in [6.07, 6.45) is 2.98. The van der Waals surface area contributed by atoms with Crippen molar-refractivity contribution in [3.05, 3.63) is 52.9 Å². The summed E-state index contributed by atoms with van der Waals surface area (Å²) in [6, 6.07) is 11.3. The van der Waals surface area contributed by atoms with E-state index in [9.17, 15) is 4.79 Å². The minimum absolute atomic E-state index is 0.181. The van der Waals surface area contributed by atoms with Gasteiger partial charge in [-0.3, -0.25) is 4.79 Å². The fourth-order valence-corrected chi connectivity index (χ4v) is 3.12. The largest absolute Gasteiger partial charge is 0.463 e. The van der Waals surface area contributed by atoms with Crippen molar-refractivity contribution in [2.45, 2.75) is 5.16 Å². The highest BCUT2D eigenvalue weighted by molar-refractivity contribution is 9.10. The fraction of sp³-hybridized carbons (Fsp3) is 0.125. The molecule has 1 N–H and O–H groups in total. The number of benzene rings is 1. The van der Waals surface area contributed by atoms with E-state index in [4.69, 9.17) is 4.42 Å². The highest BCUT2D eigenvalue weighted by Crippen LogP contribution is 2.24. The molecule has 1 aromatic carbocycles. The molecule has 2 aromatic heterocycles. The number of hydrogen-bond donors (Lipinski definition) is 1. The van der Waals surface area contributed by atoms with Crippen molar-refractivity contribution in [1.29, 1.82) is 0 Å². The molecule has 0 fully saturated rings. The summed E-state index contributed by atoms with van der Waals surface area (Å²) in [7, 11) is 1.87. The lowest BCUT2D eigenvalue weighted by atomic mass is 10.2. The van der Waals surface area contributed by atoms with Gasteiger partial charge in [-0.1, -0.05) is 39.8 Å².